The van der Waals surface area contributed by atoms with E-state index < -0.39 is 24.8 Å². The molecule has 0 unspecified atom stereocenters. The summed E-state index contributed by atoms with van der Waals surface area (Å²) in [6.45, 7) is 2.49. The van der Waals surface area contributed by atoms with Gasteiger partial charge >= 0.3 is 19.2 Å². The van der Waals surface area contributed by atoms with Crippen molar-refractivity contribution in [1.29, 1.82) is 0 Å². The molecule has 1 heterocycles. The van der Waals surface area contributed by atoms with E-state index in [1.807, 2.05) is 27.7 Å². The van der Waals surface area contributed by atoms with Crippen molar-refractivity contribution < 1.29 is 36.9 Å². The molecule has 0 aliphatic carbocycles. The molecule has 0 bridgehead atoms. The molecular formula is C26H30F4N2O5. The van der Waals surface area contributed by atoms with Crippen molar-refractivity contribution in [2.24, 2.45) is 0 Å². The Labute approximate surface area is 212 Å². The first kappa shape index (κ1) is 35.0. The van der Waals surface area contributed by atoms with E-state index in [1.54, 1.807) is 18.2 Å². The number of para-hydroxylation sites is 1. The number of carboxylic acid groups (broad SMARTS) is 1. The summed E-state index contributed by atoms with van der Waals surface area (Å²) in [5, 5.41) is 9.40. The zero-order chi connectivity index (χ0) is 29.0. The van der Waals surface area contributed by atoms with E-state index in [-0.39, 0.29) is 28.0 Å². The van der Waals surface area contributed by atoms with Gasteiger partial charge in [0.05, 0.1) is 16.5 Å². The SMILES string of the molecule is C#C.CC.CC.COC(F)F.O=C(O)c1cccc2c(=O)[nH]c(/C=C/c3ccc(OC(F)F)cc3)nc12. The lowest BCUT2D eigenvalue weighted by Gasteiger charge is -2.04. The Bertz CT molecular complexity index is 1160. The molecule has 2 N–H and O–H groups in total. The highest BCUT2D eigenvalue weighted by Gasteiger charge is 2.12. The minimum absolute atomic E-state index is 0.0282. The first-order chi connectivity index (χ1) is 17.7. The number of fused-ring (bicyclic) bond motifs is 1. The Kier molecular flexibility index (Phi) is 19.0. The zero-order valence-electron chi connectivity index (χ0n) is 21.0. The number of hydrogen-bond donors (Lipinski definition) is 2. The number of ether oxygens (including phenoxy) is 2. The monoisotopic (exact) mass is 526 g/mol. The van der Waals surface area contributed by atoms with Gasteiger partial charge in [-0.1, -0.05) is 52.0 Å². The third kappa shape index (κ3) is 12.9. The number of methoxy groups -OCH3 is 1. The fourth-order valence-electron chi connectivity index (χ4n) is 2.37. The van der Waals surface area contributed by atoms with Gasteiger partial charge in [0, 0.05) is 7.11 Å². The molecule has 7 nitrogen and oxygen atoms in total. The Hall–Kier alpha value is -4.17. The number of carbonyl (C=O) groups is 1. The highest BCUT2D eigenvalue weighted by atomic mass is 19.3. The van der Waals surface area contributed by atoms with Crippen LogP contribution in [0.4, 0.5) is 17.6 Å². The van der Waals surface area contributed by atoms with Gasteiger partial charge in [-0.05, 0) is 35.9 Å². The maximum atomic E-state index is 12.1. The lowest BCUT2D eigenvalue weighted by Crippen LogP contribution is -2.12. The van der Waals surface area contributed by atoms with Gasteiger partial charge in [0.1, 0.15) is 11.6 Å². The predicted octanol–water partition coefficient (Wildman–Crippen LogP) is 6.55. The highest BCUT2D eigenvalue weighted by molar-refractivity contribution is 6.01. The number of halogens is 4. The summed E-state index contributed by atoms with van der Waals surface area (Å²) in [4.78, 5) is 30.1. The van der Waals surface area contributed by atoms with Crippen molar-refractivity contribution in [2.75, 3.05) is 7.11 Å². The van der Waals surface area contributed by atoms with Crippen LogP contribution in [0.5, 0.6) is 5.75 Å². The number of benzene rings is 2. The molecule has 37 heavy (non-hydrogen) atoms. The predicted molar refractivity (Wildman–Crippen MR) is 137 cm³/mol. The van der Waals surface area contributed by atoms with Crippen molar-refractivity contribution in [3.8, 4) is 18.6 Å². The topological polar surface area (TPSA) is 102 Å². The van der Waals surface area contributed by atoms with Crippen LogP contribution in [0.2, 0.25) is 0 Å². The molecule has 0 radical (unpaired) electrons. The van der Waals surface area contributed by atoms with Crippen LogP contribution in [0, 0.1) is 12.8 Å². The average Bonchev–Trinajstić information content (AvgIpc) is 2.91. The van der Waals surface area contributed by atoms with Crippen LogP contribution in [-0.2, 0) is 4.74 Å². The molecule has 0 saturated heterocycles. The molecule has 2 aromatic carbocycles. The normalized spacial score (nSPS) is 9.65. The first-order valence-electron chi connectivity index (χ1n) is 10.8. The molecule has 1 aromatic heterocycles. The van der Waals surface area contributed by atoms with Crippen molar-refractivity contribution >= 4 is 29.0 Å². The number of nitrogens with zero attached hydrogens (tertiary/aromatic N) is 1. The molecule has 11 heteroatoms. The number of aromatic carboxylic acids is 1. The number of nitrogens with one attached hydrogen (secondary N) is 1. The summed E-state index contributed by atoms with van der Waals surface area (Å²) in [5.41, 5.74) is 0.208. The molecule has 0 spiro atoms. The van der Waals surface area contributed by atoms with Crippen LogP contribution in [0.25, 0.3) is 23.1 Å². The Morgan fingerprint density at radius 3 is 1.97 bits per heavy atom. The smallest absolute Gasteiger partial charge is 0.387 e. The lowest BCUT2D eigenvalue weighted by molar-refractivity contribution is -0.105. The third-order valence-electron chi connectivity index (χ3n) is 3.70. The summed E-state index contributed by atoms with van der Waals surface area (Å²) in [6.07, 6.45) is 11.1. The number of aromatic nitrogens is 2. The fourth-order valence-corrected chi connectivity index (χ4v) is 2.37. The number of H-pyrrole nitrogens is 1. The van der Waals surface area contributed by atoms with Gasteiger partial charge in [-0.15, -0.1) is 12.8 Å². The molecule has 0 saturated carbocycles. The van der Waals surface area contributed by atoms with E-state index in [1.165, 1.54) is 36.4 Å². The number of rotatable bonds is 6. The Morgan fingerprint density at radius 1 is 0.973 bits per heavy atom. The standard InChI is InChI=1S/C18H12F2N2O4.C2H4F2O.2C2H6.C2H2/c19-18(20)26-11-7-4-10(5-8-11)6-9-14-21-15-12(16(23)22-14)2-1-3-13(15)17(24)25;1-5-2(3)4;3*1-2/h1-9,18H,(H,24,25)(H,21,22,23);2H,1H3;2*1-2H3;1-2H/b9-6+;;;;. The second-order valence-corrected chi connectivity index (χ2v) is 5.74. The van der Waals surface area contributed by atoms with E-state index in [2.05, 4.69) is 32.3 Å². The summed E-state index contributed by atoms with van der Waals surface area (Å²) < 4.78 is 53.0. The van der Waals surface area contributed by atoms with E-state index in [0.29, 0.717) is 5.56 Å². The van der Waals surface area contributed by atoms with Crippen LogP contribution >= 0.6 is 0 Å². The molecule has 0 aliphatic heterocycles. The van der Waals surface area contributed by atoms with Gasteiger partial charge < -0.3 is 19.6 Å². The summed E-state index contributed by atoms with van der Waals surface area (Å²) in [6, 6.07) is 10.2. The van der Waals surface area contributed by atoms with Crippen molar-refractivity contribution in [2.45, 2.75) is 40.9 Å². The van der Waals surface area contributed by atoms with Gasteiger partial charge in [0.15, 0.2) is 0 Å². The van der Waals surface area contributed by atoms with Gasteiger partial charge in [-0.2, -0.15) is 17.6 Å². The maximum absolute atomic E-state index is 12.1. The van der Waals surface area contributed by atoms with E-state index in [4.69, 9.17) is 0 Å². The first-order valence-corrected chi connectivity index (χ1v) is 10.8. The summed E-state index contributed by atoms with van der Waals surface area (Å²) in [7, 11) is 0.949. The summed E-state index contributed by atoms with van der Waals surface area (Å²) in [5.74, 6) is -0.983. The number of carboxylic acids is 1. The Balaban J connectivity index is 0. The minimum Gasteiger partial charge on any atom is -0.478 e. The molecule has 202 valence electrons. The zero-order valence-corrected chi connectivity index (χ0v) is 21.0. The second-order valence-electron chi connectivity index (χ2n) is 5.74. The van der Waals surface area contributed by atoms with E-state index >= 15 is 0 Å². The lowest BCUT2D eigenvalue weighted by atomic mass is 10.1. The molecule has 0 fully saturated rings. The average molecular weight is 527 g/mol. The second kappa shape index (κ2) is 20.1. The van der Waals surface area contributed by atoms with Crippen LogP contribution in [0.3, 0.4) is 0 Å². The van der Waals surface area contributed by atoms with Crippen molar-refractivity contribution in [1.82, 2.24) is 9.97 Å². The number of alkyl halides is 4. The molecule has 0 atom stereocenters. The van der Waals surface area contributed by atoms with Crippen LogP contribution in [-0.4, -0.2) is 41.4 Å². The van der Waals surface area contributed by atoms with Crippen molar-refractivity contribution in [3.63, 3.8) is 0 Å². The number of hydrogen-bond acceptors (Lipinski definition) is 5. The molecule has 0 amide bonds. The molecular weight excluding hydrogens is 496 g/mol. The maximum Gasteiger partial charge on any atom is 0.387 e. The third-order valence-corrected chi connectivity index (χ3v) is 3.70. The fraction of sp³-hybridized carbons (Fsp3) is 0.269. The minimum atomic E-state index is -2.90. The van der Waals surface area contributed by atoms with Crippen LogP contribution < -0.4 is 10.3 Å². The van der Waals surface area contributed by atoms with Crippen molar-refractivity contribution in [3.05, 3.63) is 69.8 Å². The van der Waals surface area contributed by atoms with E-state index in [9.17, 15) is 32.3 Å². The van der Waals surface area contributed by atoms with Gasteiger partial charge in [-0.3, -0.25) is 4.79 Å². The van der Waals surface area contributed by atoms with Gasteiger partial charge in [0.2, 0.25) is 0 Å². The Morgan fingerprint density at radius 2 is 1.51 bits per heavy atom. The largest absolute Gasteiger partial charge is 0.478 e. The summed E-state index contributed by atoms with van der Waals surface area (Å²) >= 11 is 0. The van der Waals surface area contributed by atoms with Gasteiger partial charge in [0.25, 0.3) is 5.56 Å². The van der Waals surface area contributed by atoms with E-state index in [0.717, 1.165) is 7.11 Å². The molecule has 3 aromatic rings. The molecule has 3 rings (SSSR count). The van der Waals surface area contributed by atoms with Gasteiger partial charge in [-0.25, -0.2) is 9.78 Å². The highest BCUT2D eigenvalue weighted by Crippen LogP contribution is 2.17. The molecule has 0 aliphatic rings. The number of aromatic amines is 1. The van der Waals surface area contributed by atoms with Crippen LogP contribution in [0.1, 0.15) is 49.4 Å². The number of terminal acetylenes is 1. The quantitative estimate of drug-likeness (QED) is 0.279. The van der Waals surface area contributed by atoms with Crippen LogP contribution in [0.15, 0.2) is 47.3 Å².